The number of carbonyl (C=O) groups excluding carboxylic acids is 1. The molecule has 1 aromatic heterocycles. The second kappa shape index (κ2) is 5.49. The molecular weight excluding hydrogens is 218 g/mol. The minimum absolute atomic E-state index is 0.102. The summed E-state index contributed by atoms with van der Waals surface area (Å²) < 4.78 is 0. The molecule has 1 fully saturated rings. The molecule has 17 heavy (non-hydrogen) atoms. The number of nitrogens with zero attached hydrogens (tertiary/aromatic N) is 2. The summed E-state index contributed by atoms with van der Waals surface area (Å²) in [5.41, 5.74) is 6.14. The fraction of sp³-hybridized carbons (Fsp3) is 0.455. The number of nitrogen functional groups attached to an aromatic ring is 1. The lowest BCUT2D eigenvalue weighted by molar-refractivity contribution is -0.129. The van der Waals surface area contributed by atoms with Crippen molar-refractivity contribution in [3.05, 3.63) is 18.3 Å². The van der Waals surface area contributed by atoms with Gasteiger partial charge in [-0.05, 0) is 12.1 Å². The van der Waals surface area contributed by atoms with Gasteiger partial charge in [-0.3, -0.25) is 4.79 Å². The van der Waals surface area contributed by atoms with Crippen molar-refractivity contribution < 1.29 is 4.79 Å². The van der Waals surface area contributed by atoms with E-state index >= 15 is 0 Å². The third kappa shape index (κ3) is 3.32. The maximum Gasteiger partial charge on any atom is 0.242 e. The lowest BCUT2D eigenvalue weighted by Crippen LogP contribution is -2.48. The van der Waals surface area contributed by atoms with Gasteiger partial charge in [0.2, 0.25) is 5.91 Å². The minimum Gasteiger partial charge on any atom is -0.397 e. The third-order valence-electron chi connectivity index (χ3n) is 2.68. The number of anilines is 2. The van der Waals surface area contributed by atoms with E-state index in [-0.39, 0.29) is 12.5 Å². The monoisotopic (exact) mass is 235 g/mol. The highest BCUT2D eigenvalue weighted by Gasteiger charge is 2.15. The van der Waals surface area contributed by atoms with Gasteiger partial charge in [0.15, 0.2) is 0 Å². The highest BCUT2D eigenvalue weighted by molar-refractivity contribution is 5.80. The summed E-state index contributed by atoms with van der Waals surface area (Å²) in [6, 6.07) is 3.52. The molecule has 1 amide bonds. The van der Waals surface area contributed by atoms with E-state index in [0.29, 0.717) is 11.5 Å². The van der Waals surface area contributed by atoms with Crippen LogP contribution in [-0.2, 0) is 4.79 Å². The van der Waals surface area contributed by atoms with Crippen LogP contribution in [0, 0.1) is 0 Å². The van der Waals surface area contributed by atoms with Gasteiger partial charge < -0.3 is 21.3 Å². The quantitative estimate of drug-likeness (QED) is 0.658. The molecule has 0 spiro atoms. The minimum atomic E-state index is 0.102. The van der Waals surface area contributed by atoms with Crippen LogP contribution in [-0.4, -0.2) is 48.5 Å². The molecule has 2 rings (SSSR count). The summed E-state index contributed by atoms with van der Waals surface area (Å²) in [5.74, 6) is 0.771. The van der Waals surface area contributed by atoms with Crippen LogP contribution in [0.2, 0.25) is 0 Å². The molecule has 4 N–H and O–H groups in total. The highest BCUT2D eigenvalue weighted by Crippen LogP contribution is 2.05. The lowest BCUT2D eigenvalue weighted by Gasteiger charge is -2.27. The van der Waals surface area contributed by atoms with Crippen molar-refractivity contribution >= 4 is 17.4 Å². The van der Waals surface area contributed by atoms with Crippen molar-refractivity contribution in [1.82, 2.24) is 15.2 Å². The topological polar surface area (TPSA) is 83.3 Å². The summed E-state index contributed by atoms with van der Waals surface area (Å²) in [6.45, 7) is 3.56. The Bertz CT molecular complexity index is 372. The third-order valence-corrected chi connectivity index (χ3v) is 2.68. The second-order valence-corrected chi connectivity index (χ2v) is 3.96. The average Bonchev–Trinajstić information content (AvgIpc) is 2.39. The zero-order chi connectivity index (χ0) is 12.1. The van der Waals surface area contributed by atoms with Gasteiger partial charge in [0.05, 0.1) is 18.4 Å². The molecule has 0 atom stereocenters. The summed E-state index contributed by atoms with van der Waals surface area (Å²) in [6.07, 6.45) is 1.57. The molecule has 2 heterocycles. The summed E-state index contributed by atoms with van der Waals surface area (Å²) in [7, 11) is 0. The molecule has 0 bridgehead atoms. The standard InChI is InChI=1S/C11H17N5O/c12-9-1-2-10(14-7-9)15-8-11(17)16-5-3-13-4-6-16/h1-2,7,13H,3-6,8,12H2,(H,14,15). The van der Waals surface area contributed by atoms with Crippen LogP contribution in [0.3, 0.4) is 0 Å². The summed E-state index contributed by atoms with van der Waals surface area (Å²) in [4.78, 5) is 17.7. The Kier molecular flexibility index (Phi) is 3.77. The predicted octanol–water partition coefficient (Wildman–Crippen LogP) is -0.492. The molecule has 0 radical (unpaired) electrons. The van der Waals surface area contributed by atoms with E-state index in [2.05, 4.69) is 15.6 Å². The van der Waals surface area contributed by atoms with Crippen LogP contribution in [0.25, 0.3) is 0 Å². The number of pyridine rings is 1. The Morgan fingerprint density at radius 2 is 2.24 bits per heavy atom. The molecule has 0 aromatic carbocycles. The highest BCUT2D eigenvalue weighted by atomic mass is 16.2. The van der Waals surface area contributed by atoms with Gasteiger partial charge in [-0.1, -0.05) is 0 Å². The Balaban J connectivity index is 1.81. The van der Waals surface area contributed by atoms with E-state index in [4.69, 9.17) is 5.73 Å². The summed E-state index contributed by atoms with van der Waals surface area (Å²) >= 11 is 0. The van der Waals surface area contributed by atoms with E-state index in [0.717, 1.165) is 26.2 Å². The molecule has 6 heteroatoms. The van der Waals surface area contributed by atoms with Crippen molar-refractivity contribution in [3.63, 3.8) is 0 Å². The van der Waals surface area contributed by atoms with E-state index in [1.54, 1.807) is 18.3 Å². The normalized spacial score (nSPS) is 15.6. The van der Waals surface area contributed by atoms with Crippen molar-refractivity contribution in [2.75, 3.05) is 43.8 Å². The van der Waals surface area contributed by atoms with Crippen molar-refractivity contribution in [1.29, 1.82) is 0 Å². The maximum atomic E-state index is 11.8. The number of piperazine rings is 1. The zero-order valence-corrected chi connectivity index (χ0v) is 9.65. The van der Waals surface area contributed by atoms with E-state index in [9.17, 15) is 4.79 Å². The van der Waals surface area contributed by atoms with Crippen LogP contribution in [0.5, 0.6) is 0 Å². The van der Waals surface area contributed by atoms with Gasteiger partial charge in [0, 0.05) is 26.2 Å². The van der Waals surface area contributed by atoms with Crippen LogP contribution < -0.4 is 16.4 Å². The number of rotatable bonds is 3. The van der Waals surface area contributed by atoms with Crippen LogP contribution in [0.1, 0.15) is 0 Å². The first kappa shape index (κ1) is 11.7. The van der Waals surface area contributed by atoms with E-state index in [1.165, 1.54) is 0 Å². The predicted molar refractivity (Wildman–Crippen MR) is 66.6 cm³/mol. The lowest BCUT2D eigenvalue weighted by atomic mass is 10.3. The fourth-order valence-electron chi connectivity index (χ4n) is 1.70. The molecular formula is C11H17N5O. The molecule has 1 aliphatic heterocycles. The van der Waals surface area contributed by atoms with Gasteiger partial charge in [-0.2, -0.15) is 0 Å². The molecule has 0 aliphatic carbocycles. The number of nitrogens with two attached hydrogens (primary N) is 1. The van der Waals surface area contributed by atoms with Crippen molar-refractivity contribution in [3.8, 4) is 0 Å². The Morgan fingerprint density at radius 1 is 1.47 bits per heavy atom. The van der Waals surface area contributed by atoms with Crippen molar-refractivity contribution in [2.45, 2.75) is 0 Å². The first-order valence-electron chi connectivity index (χ1n) is 5.69. The number of hydrogen-bond donors (Lipinski definition) is 3. The smallest absolute Gasteiger partial charge is 0.242 e. The Labute approximate surface area is 100 Å². The summed E-state index contributed by atoms with van der Waals surface area (Å²) in [5, 5.41) is 6.20. The van der Waals surface area contributed by atoms with E-state index < -0.39 is 0 Å². The van der Waals surface area contributed by atoms with Crippen LogP contribution >= 0.6 is 0 Å². The van der Waals surface area contributed by atoms with E-state index in [1.807, 2.05) is 4.90 Å². The zero-order valence-electron chi connectivity index (χ0n) is 9.65. The van der Waals surface area contributed by atoms with Gasteiger partial charge in [0.1, 0.15) is 5.82 Å². The molecule has 92 valence electrons. The largest absolute Gasteiger partial charge is 0.397 e. The number of amides is 1. The molecule has 1 aliphatic rings. The molecule has 1 saturated heterocycles. The number of nitrogens with one attached hydrogen (secondary N) is 2. The van der Waals surface area contributed by atoms with Gasteiger partial charge in [0.25, 0.3) is 0 Å². The van der Waals surface area contributed by atoms with Crippen molar-refractivity contribution in [2.24, 2.45) is 0 Å². The van der Waals surface area contributed by atoms with Gasteiger partial charge in [-0.25, -0.2) is 4.98 Å². The number of aromatic nitrogens is 1. The first-order chi connectivity index (χ1) is 8.25. The molecule has 0 saturated carbocycles. The van der Waals surface area contributed by atoms with Gasteiger partial charge >= 0.3 is 0 Å². The van der Waals surface area contributed by atoms with Gasteiger partial charge in [-0.15, -0.1) is 0 Å². The molecule has 0 unspecified atom stereocenters. The second-order valence-electron chi connectivity index (χ2n) is 3.96. The SMILES string of the molecule is Nc1ccc(NCC(=O)N2CCNCC2)nc1. The Morgan fingerprint density at radius 3 is 2.88 bits per heavy atom. The number of hydrogen-bond acceptors (Lipinski definition) is 5. The fourth-order valence-corrected chi connectivity index (χ4v) is 1.70. The van der Waals surface area contributed by atoms with Crippen LogP contribution in [0.4, 0.5) is 11.5 Å². The number of carbonyl (C=O) groups is 1. The molecule has 1 aromatic rings. The maximum absolute atomic E-state index is 11.8. The molecule has 6 nitrogen and oxygen atoms in total. The first-order valence-corrected chi connectivity index (χ1v) is 5.69. The average molecular weight is 235 g/mol. The van der Waals surface area contributed by atoms with Crippen LogP contribution in [0.15, 0.2) is 18.3 Å². The Hall–Kier alpha value is -1.82.